The number of carbonyl (C=O) groups is 1. The highest BCUT2D eigenvalue weighted by molar-refractivity contribution is 7.17. The molecule has 0 bridgehead atoms. The number of aromatic nitrogens is 2. The summed E-state index contributed by atoms with van der Waals surface area (Å²) in [5.41, 5.74) is 1.30. The number of fused-ring (bicyclic) bond motifs is 1. The lowest BCUT2D eigenvalue weighted by Gasteiger charge is -2.34. The Bertz CT molecular complexity index is 1450. The predicted octanol–water partition coefficient (Wildman–Crippen LogP) is 5.38. The zero-order valence-electron chi connectivity index (χ0n) is 20.0. The average Bonchev–Trinajstić information content (AvgIpc) is 3.34. The summed E-state index contributed by atoms with van der Waals surface area (Å²) in [5, 5.41) is 7.43. The third kappa shape index (κ3) is 5.52. The number of anilines is 4. The van der Waals surface area contributed by atoms with Crippen molar-refractivity contribution in [2.75, 3.05) is 48.8 Å². The highest BCUT2D eigenvalue weighted by Crippen LogP contribution is 2.34. The van der Waals surface area contributed by atoms with Gasteiger partial charge in [0.05, 0.1) is 5.52 Å². The molecule has 2 aromatic heterocycles. The standard InChI is InChI=1S/C26H24F2N6O2S/c1-3-22(35)29-16-5-4-6-18(13-16)36-25-24-21(7-12-37-24)31-26(32-25)30-17-14-19(27)23(20(28)15-17)34-10-8-33(2)9-11-34/h3-7,12-15H,1,8-11H2,2H3,(H,29,35)(H,30,31,32). The molecule has 2 N–H and O–H groups in total. The van der Waals surface area contributed by atoms with E-state index >= 15 is 0 Å². The summed E-state index contributed by atoms with van der Waals surface area (Å²) in [7, 11) is 1.98. The van der Waals surface area contributed by atoms with E-state index in [0.717, 1.165) is 13.1 Å². The van der Waals surface area contributed by atoms with Crippen molar-refractivity contribution in [1.29, 1.82) is 0 Å². The van der Waals surface area contributed by atoms with Gasteiger partial charge in [-0.25, -0.2) is 13.8 Å². The normalized spacial score (nSPS) is 14.0. The molecule has 8 nitrogen and oxygen atoms in total. The summed E-state index contributed by atoms with van der Waals surface area (Å²) in [4.78, 5) is 24.4. The number of rotatable bonds is 7. The number of nitrogens with one attached hydrogen (secondary N) is 2. The first kappa shape index (κ1) is 24.6. The summed E-state index contributed by atoms with van der Waals surface area (Å²) < 4.78 is 36.7. The number of piperazine rings is 1. The summed E-state index contributed by atoms with van der Waals surface area (Å²) in [5.74, 6) is -0.816. The molecule has 4 aromatic rings. The first-order chi connectivity index (χ1) is 17.9. The lowest BCUT2D eigenvalue weighted by Crippen LogP contribution is -2.45. The van der Waals surface area contributed by atoms with E-state index in [2.05, 4.69) is 32.1 Å². The summed E-state index contributed by atoms with van der Waals surface area (Å²) in [6.45, 7) is 6.02. The molecule has 5 rings (SSSR count). The number of likely N-dealkylation sites (N-methyl/N-ethyl adjacent to an activating group) is 1. The zero-order chi connectivity index (χ0) is 25.9. The average molecular weight is 523 g/mol. The summed E-state index contributed by atoms with van der Waals surface area (Å²) in [6, 6.07) is 11.1. The number of hydrogen-bond donors (Lipinski definition) is 2. The van der Waals surface area contributed by atoms with Crippen LogP contribution in [0.5, 0.6) is 11.6 Å². The second-order valence-electron chi connectivity index (χ2n) is 8.51. The molecular weight excluding hydrogens is 498 g/mol. The van der Waals surface area contributed by atoms with E-state index < -0.39 is 11.6 Å². The van der Waals surface area contributed by atoms with E-state index in [1.165, 1.54) is 29.5 Å². The van der Waals surface area contributed by atoms with E-state index in [1.54, 1.807) is 35.2 Å². The van der Waals surface area contributed by atoms with Crippen LogP contribution < -0.4 is 20.3 Å². The number of benzene rings is 2. The molecule has 1 fully saturated rings. The number of halogens is 2. The minimum absolute atomic E-state index is 0.0275. The maximum atomic E-state index is 15.0. The van der Waals surface area contributed by atoms with Crippen molar-refractivity contribution < 1.29 is 18.3 Å². The summed E-state index contributed by atoms with van der Waals surface area (Å²) >= 11 is 1.40. The second-order valence-corrected chi connectivity index (χ2v) is 9.43. The van der Waals surface area contributed by atoms with Gasteiger partial charge in [0.25, 0.3) is 0 Å². The Hall–Kier alpha value is -4.09. The van der Waals surface area contributed by atoms with Crippen LogP contribution in [0, 0.1) is 11.6 Å². The molecule has 1 amide bonds. The van der Waals surface area contributed by atoms with Gasteiger partial charge >= 0.3 is 0 Å². The Balaban J connectivity index is 1.40. The fourth-order valence-corrected chi connectivity index (χ4v) is 4.76. The molecule has 37 heavy (non-hydrogen) atoms. The Morgan fingerprint density at radius 1 is 1.08 bits per heavy atom. The highest BCUT2D eigenvalue weighted by Gasteiger charge is 2.22. The van der Waals surface area contributed by atoms with Crippen LogP contribution in [-0.4, -0.2) is 54.0 Å². The van der Waals surface area contributed by atoms with Gasteiger partial charge in [0.2, 0.25) is 17.7 Å². The predicted molar refractivity (Wildman–Crippen MR) is 142 cm³/mol. The van der Waals surface area contributed by atoms with Gasteiger partial charge in [0.15, 0.2) is 11.6 Å². The van der Waals surface area contributed by atoms with Gasteiger partial charge in [-0.3, -0.25) is 4.79 Å². The van der Waals surface area contributed by atoms with E-state index in [1.807, 2.05) is 12.4 Å². The second kappa shape index (κ2) is 10.5. The minimum atomic E-state index is -0.654. The molecule has 11 heteroatoms. The molecule has 0 spiro atoms. The van der Waals surface area contributed by atoms with Crippen molar-refractivity contribution >= 4 is 50.5 Å². The molecule has 1 saturated heterocycles. The molecule has 0 atom stereocenters. The molecule has 2 aromatic carbocycles. The van der Waals surface area contributed by atoms with Crippen molar-refractivity contribution in [3.05, 3.63) is 72.1 Å². The molecular formula is C26H24F2N6O2S. The molecule has 0 radical (unpaired) electrons. The van der Waals surface area contributed by atoms with E-state index in [0.29, 0.717) is 34.7 Å². The molecule has 0 saturated carbocycles. The van der Waals surface area contributed by atoms with Crippen LogP contribution in [0.25, 0.3) is 10.2 Å². The SMILES string of the molecule is C=CC(=O)Nc1cccc(Oc2nc(Nc3cc(F)c(N4CCN(C)CC4)c(F)c3)nc3ccsc23)c1. The van der Waals surface area contributed by atoms with Crippen LogP contribution in [0.1, 0.15) is 0 Å². The molecule has 0 unspecified atom stereocenters. The van der Waals surface area contributed by atoms with Gasteiger partial charge in [-0.1, -0.05) is 12.6 Å². The number of ether oxygens (including phenoxy) is 1. The number of amides is 1. The fourth-order valence-electron chi connectivity index (χ4n) is 4.00. The van der Waals surface area contributed by atoms with Crippen LogP contribution in [0.3, 0.4) is 0 Å². The maximum Gasteiger partial charge on any atom is 0.247 e. The van der Waals surface area contributed by atoms with Gasteiger partial charge < -0.3 is 25.2 Å². The van der Waals surface area contributed by atoms with Crippen molar-refractivity contribution in [3.8, 4) is 11.6 Å². The van der Waals surface area contributed by atoms with Gasteiger partial charge in [0.1, 0.15) is 16.1 Å². The molecule has 1 aliphatic heterocycles. The van der Waals surface area contributed by atoms with Crippen LogP contribution >= 0.6 is 11.3 Å². The molecule has 190 valence electrons. The first-order valence-corrected chi connectivity index (χ1v) is 12.4. The Labute approximate surface area is 216 Å². The van der Waals surface area contributed by atoms with E-state index in [9.17, 15) is 13.6 Å². The van der Waals surface area contributed by atoms with Gasteiger partial charge in [0, 0.05) is 43.6 Å². The monoisotopic (exact) mass is 522 g/mol. The van der Waals surface area contributed by atoms with E-state index in [4.69, 9.17) is 4.74 Å². The quantitative estimate of drug-likeness (QED) is 0.315. The zero-order valence-corrected chi connectivity index (χ0v) is 20.8. The van der Waals surface area contributed by atoms with Gasteiger partial charge in [-0.2, -0.15) is 4.98 Å². The van der Waals surface area contributed by atoms with Crippen molar-refractivity contribution in [1.82, 2.24) is 14.9 Å². The lowest BCUT2D eigenvalue weighted by molar-refractivity contribution is -0.111. The number of nitrogens with zero attached hydrogens (tertiary/aromatic N) is 4. The molecule has 1 aliphatic rings. The smallest absolute Gasteiger partial charge is 0.247 e. The number of hydrogen-bond acceptors (Lipinski definition) is 8. The first-order valence-electron chi connectivity index (χ1n) is 11.6. The Kier molecular flexibility index (Phi) is 6.97. The number of carbonyl (C=O) groups excluding carboxylic acids is 1. The summed E-state index contributed by atoms with van der Waals surface area (Å²) in [6.07, 6.45) is 1.18. The van der Waals surface area contributed by atoms with E-state index in [-0.39, 0.29) is 29.1 Å². The van der Waals surface area contributed by atoms with Crippen molar-refractivity contribution in [2.24, 2.45) is 0 Å². The molecule has 3 heterocycles. The largest absolute Gasteiger partial charge is 0.437 e. The lowest BCUT2D eigenvalue weighted by atomic mass is 10.2. The topological polar surface area (TPSA) is 82.6 Å². The van der Waals surface area contributed by atoms with Crippen molar-refractivity contribution in [2.45, 2.75) is 0 Å². The van der Waals surface area contributed by atoms with Crippen molar-refractivity contribution in [3.63, 3.8) is 0 Å². The Morgan fingerprint density at radius 2 is 1.84 bits per heavy atom. The van der Waals surface area contributed by atoms with Crippen LogP contribution in [0.15, 0.2) is 60.5 Å². The van der Waals surface area contributed by atoms with Crippen LogP contribution in [-0.2, 0) is 4.79 Å². The highest BCUT2D eigenvalue weighted by atomic mass is 32.1. The molecule has 0 aliphatic carbocycles. The maximum absolute atomic E-state index is 15.0. The fraction of sp³-hybridized carbons (Fsp3) is 0.192. The minimum Gasteiger partial charge on any atom is -0.437 e. The van der Waals surface area contributed by atoms with Gasteiger partial charge in [-0.15, -0.1) is 11.3 Å². The number of thiophene rings is 1. The third-order valence-electron chi connectivity index (χ3n) is 5.87. The van der Waals surface area contributed by atoms with Crippen LogP contribution in [0.2, 0.25) is 0 Å². The third-order valence-corrected chi connectivity index (χ3v) is 6.76. The van der Waals surface area contributed by atoms with Crippen LogP contribution in [0.4, 0.5) is 31.8 Å². The van der Waals surface area contributed by atoms with Gasteiger partial charge in [-0.05, 0) is 48.8 Å². The Morgan fingerprint density at radius 3 is 2.57 bits per heavy atom.